The monoisotopic (exact) mass is 305 g/mol. The smallest absolute Gasteiger partial charge is 0.269 e. The summed E-state index contributed by atoms with van der Waals surface area (Å²) in [6.45, 7) is 2.05. The average Bonchev–Trinajstić information content (AvgIpc) is 3.10. The van der Waals surface area contributed by atoms with Gasteiger partial charge in [-0.3, -0.25) is 9.89 Å². The van der Waals surface area contributed by atoms with Crippen molar-refractivity contribution >= 4 is 17.2 Å². The number of hydrogen-bond acceptors (Lipinski definition) is 4. The Morgan fingerprint density at radius 1 is 1.62 bits per heavy atom. The molecule has 2 aromatic heterocycles. The highest BCUT2D eigenvalue weighted by molar-refractivity contribution is 7.08. The van der Waals surface area contributed by atoms with E-state index in [9.17, 15) is 9.90 Å². The summed E-state index contributed by atoms with van der Waals surface area (Å²) in [5.41, 5.74) is 2.28. The van der Waals surface area contributed by atoms with E-state index in [0.717, 1.165) is 30.5 Å². The third kappa shape index (κ3) is 3.01. The van der Waals surface area contributed by atoms with E-state index < -0.39 is 0 Å². The summed E-state index contributed by atoms with van der Waals surface area (Å²) in [5, 5.41) is 23.4. The molecule has 1 aliphatic carbocycles. The van der Waals surface area contributed by atoms with Crippen LogP contribution in [0.15, 0.2) is 22.9 Å². The molecule has 1 saturated carbocycles. The molecule has 1 amide bonds. The van der Waals surface area contributed by atoms with Gasteiger partial charge >= 0.3 is 0 Å². The number of aromatic nitrogens is 2. The first-order valence-electron chi connectivity index (χ1n) is 7.24. The van der Waals surface area contributed by atoms with Crippen molar-refractivity contribution in [2.75, 3.05) is 0 Å². The number of aliphatic hydroxyl groups is 1. The van der Waals surface area contributed by atoms with Crippen LogP contribution in [0.4, 0.5) is 0 Å². The van der Waals surface area contributed by atoms with Gasteiger partial charge in [0.25, 0.3) is 5.91 Å². The van der Waals surface area contributed by atoms with Gasteiger partial charge in [0.2, 0.25) is 0 Å². The van der Waals surface area contributed by atoms with Crippen LogP contribution < -0.4 is 5.32 Å². The minimum Gasteiger partial charge on any atom is -0.393 e. The number of carbonyl (C=O) groups excluding carboxylic acids is 1. The zero-order valence-electron chi connectivity index (χ0n) is 11.9. The first-order valence-corrected chi connectivity index (χ1v) is 8.18. The van der Waals surface area contributed by atoms with Crippen LogP contribution in [0.3, 0.4) is 0 Å². The summed E-state index contributed by atoms with van der Waals surface area (Å²) in [7, 11) is 0. The van der Waals surface area contributed by atoms with Crippen LogP contribution in [-0.2, 0) is 0 Å². The molecule has 1 atom stereocenters. The van der Waals surface area contributed by atoms with Crippen molar-refractivity contribution in [3.8, 4) is 11.3 Å². The molecule has 0 saturated heterocycles. The second-order valence-corrected chi connectivity index (χ2v) is 6.33. The lowest BCUT2D eigenvalue weighted by atomic mass is 9.76. The van der Waals surface area contributed by atoms with Crippen LogP contribution >= 0.6 is 11.3 Å². The van der Waals surface area contributed by atoms with Crippen LogP contribution in [0.1, 0.15) is 36.7 Å². The Morgan fingerprint density at radius 3 is 3.05 bits per heavy atom. The number of aliphatic hydroxyl groups excluding tert-OH is 1. The van der Waals surface area contributed by atoms with Crippen molar-refractivity contribution in [3.63, 3.8) is 0 Å². The van der Waals surface area contributed by atoms with Crippen molar-refractivity contribution < 1.29 is 9.90 Å². The lowest BCUT2D eigenvalue weighted by molar-refractivity contribution is 0.0232. The van der Waals surface area contributed by atoms with E-state index in [-0.39, 0.29) is 18.1 Å². The summed E-state index contributed by atoms with van der Waals surface area (Å²) in [5.74, 6) is 0.255. The van der Waals surface area contributed by atoms with E-state index >= 15 is 0 Å². The molecule has 21 heavy (non-hydrogen) atoms. The third-order valence-corrected chi connectivity index (χ3v) is 4.80. The second-order valence-electron chi connectivity index (χ2n) is 5.55. The number of hydrogen-bond donors (Lipinski definition) is 3. The third-order valence-electron chi connectivity index (χ3n) is 4.11. The Kier molecular flexibility index (Phi) is 4.07. The normalized spacial score (nSPS) is 22.6. The van der Waals surface area contributed by atoms with Gasteiger partial charge in [0.15, 0.2) is 0 Å². The molecule has 6 heteroatoms. The highest BCUT2D eigenvalue weighted by atomic mass is 32.1. The molecular weight excluding hydrogens is 286 g/mol. The predicted octanol–water partition coefficient (Wildman–Crippen LogP) is 2.42. The topological polar surface area (TPSA) is 78.0 Å². The van der Waals surface area contributed by atoms with Gasteiger partial charge in [0, 0.05) is 17.0 Å². The van der Waals surface area contributed by atoms with Gasteiger partial charge in [-0.25, -0.2) is 0 Å². The van der Waals surface area contributed by atoms with Crippen molar-refractivity contribution in [1.82, 2.24) is 15.5 Å². The van der Waals surface area contributed by atoms with Gasteiger partial charge in [-0.1, -0.05) is 6.92 Å². The Morgan fingerprint density at radius 2 is 2.43 bits per heavy atom. The summed E-state index contributed by atoms with van der Waals surface area (Å²) >= 11 is 1.60. The highest BCUT2D eigenvalue weighted by Gasteiger charge is 2.34. The average molecular weight is 305 g/mol. The fraction of sp³-hybridized carbons (Fsp3) is 0.467. The van der Waals surface area contributed by atoms with Gasteiger partial charge < -0.3 is 10.4 Å². The molecule has 0 spiro atoms. The number of carbonyl (C=O) groups is 1. The zero-order chi connectivity index (χ0) is 14.8. The molecule has 0 unspecified atom stereocenters. The largest absolute Gasteiger partial charge is 0.393 e. The standard InChI is InChI=1S/C15H19N3O2S/c1-2-12(10-5-11(19)6-10)16-15(20)14-7-13(17-18-14)9-3-4-21-8-9/h3-4,7-8,10-12,19H,2,5-6H2,1H3,(H,16,20)(H,17,18)/t10?,11?,12-/m0/s1. The van der Waals surface area contributed by atoms with E-state index in [1.807, 2.05) is 16.8 Å². The van der Waals surface area contributed by atoms with Crippen LogP contribution in [0.25, 0.3) is 11.3 Å². The number of thiophene rings is 1. The van der Waals surface area contributed by atoms with Crippen molar-refractivity contribution in [2.45, 2.75) is 38.3 Å². The lowest BCUT2D eigenvalue weighted by Gasteiger charge is -2.37. The Hall–Kier alpha value is -1.66. The minimum atomic E-state index is -0.196. The second kappa shape index (κ2) is 5.99. The van der Waals surface area contributed by atoms with Crippen LogP contribution in [-0.4, -0.2) is 33.4 Å². The number of nitrogens with one attached hydrogen (secondary N) is 2. The van der Waals surface area contributed by atoms with Gasteiger partial charge in [0.05, 0.1) is 11.8 Å². The lowest BCUT2D eigenvalue weighted by Crippen LogP contribution is -2.46. The summed E-state index contributed by atoms with van der Waals surface area (Å²) < 4.78 is 0. The molecular formula is C15H19N3O2S. The maximum Gasteiger partial charge on any atom is 0.269 e. The molecule has 5 nitrogen and oxygen atoms in total. The van der Waals surface area contributed by atoms with E-state index in [2.05, 4.69) is 22.4 Å². The van der Waals surface area contributed by atoms with Crippen molar-refractivity contribution in [3.05, 3.63) is 28.6 Å². The molecule has 0 aromatic carbocycles. The molecule has 3 N–H and O–H groups in total. The Labute approximate surface area is 127 Å². The van der Waals surface area contributed by atoms with Gasteiger partial charge in [-0.2, -0.15) is 16.4 Å². The number of aromatic amines is 1. The Balaban J connectivity index is 1.65. The predicted molar refractivity (Wildman–Crippen MR) is 82.2 cm³/mol. The fourth-order valence-electron chi connectivity index (χ4n) is 2.75. The van der Waals surface area contributed by atoms with E-state index in [1.165, 1.54) is 0 Å². The molecule has 112 valence electrons. The molecule has 1 fully saturated rings. The van der Waals surface area contributed by atoms with Gasteiger partial charge in [-0.15, -0.1) is 0 Å². The van der Waals surface area contributed by atoms with Crippen LogP contribution in [0.5, 0.6) is 0 Å². The SMILES string of the molecule is CC[C@H](NC(=O)c1cc(-c2ccsc2)n[nH]1)C1CC(O)C1. The summed E-state index contributed by atoms with van der Waals surface area (Å²) in [6, 6.07) is 3.88. The quantitative estimate of drug-likeness (QED) is 0.794. The number of nitrogens with zero attached hydrogens (tertiary/aromatic N) is 1. The summed E-state index contributed by atoms with van der Waals surface area (Å²) in [4.78, 5) is 12.3. The highest BCUT2D eigenvalue weighted by Crippen LogP contribution is 2.31. The molecule has 0 aliphatic heterocycles. The van der Waals surface area contributed by atoms with E-state index in [4.69, 9.17) is 0 Å². The molecule has 0 bridgehead atoms. The summed E-state index contributed by atoms with van der Waals surface area (Å²) in [6.07, 6.45) is 2.23. The van der Waals surface area contributed by atoms with Gasteiger partial charge in [0.1, 0.15) is 5.69 Å². The Bertz CT molecular complexity index is 602. The number of rotatable bonds is 5. The molecule has 1 aliphatic rings. The zero-order valence-corrected chi connectivity index (χ0v) is 12.7. The van der Waals surface area contributed by atoms with Gasteiger partial charge in [-0.05, 0) is 42.7 Å². The molecule has 3 rings (SSSR count). The van der Waals surface area contributed by atoms with Crippen LogP contribution in [0.2, 0.25) is 0 Å². The maximum atomic E-state index is 12.3. The molecule has 2 heterocycles. The molecule has 0 radical (unpaired) electrons. The first kappa shape index (κ1) is 14.3. The molecule has 2 aromatic rings. The fourth-order valence-corrected chi connectivity index (χ4v) is 3.40. The number of amides is 1. The van der Waals surface area contributed by atoms with Crippen molar-refractivity contribution in [2.24, 2.45) is 5.92 Å². The number of H-pyrrole nitrogens is 1. The van der Waals surface area contributed by atoms with E-state index in [1.54, 1.807) is 17.4 Å². The van der Waals surface area contributed by atoms with Crippen LogP contribution in [0, 0.1) is 5.92 Å². The first-order chi connectivity index (χ1) is 10.2. The van der Waals surface area contributed by atoms with Crippen molar-refractivity contribution in [1.29, 1.82) is 0 Å². The minimum absolute atomic E-state index is 0.119. The maximum absolute atomic E-state index is 12.3. The van der Waals surface area contributed by atoms with E-state index in [0.29, 0.717) is 11.6 Å².